The van der Waals surface area contributed by atoms with Crippen molar-refractivity contribution in [3.8, 4) is 0 Å². The SMILES string of the molecule is CC(C)(C)NCC1CCCC1c1ccccc1Cl. The highest BCUT2D eigenvalue weighted by Crippen LogP contribution is 2.41. The minimum absolute atomic E-state index is 0.202. The summed E-state index contributed by atoms with van der Waals surface area (Å²) in [5.41, 5.74) is 1.55. The number of hydrogen-bond acceptors (Lipinski definition) is 1. The Kier molecular flexibility index (Phi) is 4.34. The highest BCUT2D eigenvalue weighted by molar-refractivity contribution is 6.31. The summed E-state index contributed by atoms with van der Waals surface area (Å²) in [5, 5.41) is 4.58. The van der Waals surface area contributed by atoms with Crippen LogP contribution in [-0.2, 0) is 0 Å². The Labute approximate surface area is 116 Å². The standard InChI is InChI=1S/C16H24ClN/c1-16(2,3)18-11-12-7-6-9-13(12)14-8-4-5-10-15(14)17/h4-5,8,10,12-13,18H,6-7,9,11H2,1-3H3. The fourth-order valence-electron chi connectivity index (χ4n) is 2.90. The minimum atomic E-state index is 0.202. The second kappa shape index (κ2) is 5.63. The molecule has 1 N–H and O–H groups in total. The van der Waals surface area contributed by atoms with Crippen molar-refractivity contribution in [2.24, 2.45) is 5.92 Å². The normalized spacial score (nSPS) is 24.4. The fourth-order valence-corrected chi connectivity index (χ4v) is 3.18. The van der Waals surface area contributed by atoms with Crippen molar-refractivity contribution in [1.29, 1.82) is 0 Å². The Bertz CT molecular complexity index is 394. The molecule has 1 nitrogen and oxygen atoms in total. The van der Waals surface area contributed by atoms with Crippen molar-refractivity contribution < 1.29 is 0 Å². The zero-order valence-electron chi connectivity index (χ0n) is 11.7. The molecule has 2 rings (SSSR count). The minimum Gasteiger partial charge on any atom is -0.312 e. The highest BCUT2D eigenvalue weighted by atomic mass is 35.5. The molecular weight excluding hydrogens is 242 g/mol. The summed E-state index contributed by atoms with van der Waals surface area (Å²) < 4.78 is 0. The molecule has 0 amide bonds. The van der Waals surface area contributed by atoms with Crippen LogP contribution in [-0.4, -0.2) is 12.1 Å². The van der Waals surface area contributed by atoms with Gasteiger partial charge in [-0.3, -0.25) is 0 Å². The van der Waals surface area contributed by atoms with E-state index in [1.807, 2.05) is 12.1 Å². The van der Waals surface area contributed by atoms with Crippen LogP contribution in [0.5, 0.6) is 0 Å². The first-order valence-corrected chi connectivity index (χ1v) is 7.34. The van der Waals surface area contributed by atoms with Crippen molar-refractivity contribution in [1.82, 2.24) is 5.32 Å². The number of hydrogen-bond donors (Lipinski definition) is 1. The van der Waals surface area contributed by atoms with Gasteiger partial charge in [0.1, 0.15) is 0 Å². The smallest absolute Gasteiger partial charge is 0.0440 e. The van der Waals surface area contributed by atoms with Gasteiger partial charge in [-0.1, -0.05) is 36.2 Å². The molecule has 0 spiro atoms. The second-order valence-corrected chi connectivity index (χ2v) is 6.86. The molecule has 1 aliphatic carbocycles. The molecule has 1 aliphatic rings. The molecule has 100 valence electrons. The molecule has 18 heavy (non-hydrogen) atoms. The first kappa shape index (κ1) is 13.9. The van der Waals surface area contributed by atoms with Gasteiger partial charge in [0.05, 0.1) is 0 Å². The predicted molar refractivity (Wildman–Crippen MR) is 79.3 cm³/mol. The molecule has 0 aromatic heterocycles. The summed E-state index contributed by atoms with van der Waals surface area (Å²) in [4.78, 5) is 0. The van der Waals surface area contributed by atoms with Gasteiger partial charge >= 0.3 is 0 Å². The van der Waals surface area contributed by atoms with Gasteiger partial charge < -0.3 is 5.32 Å². The van der Waals surface area contributed by atoms with E-state index >= 15 is 0 Å². The average molecular weight is 266 g/mol. The molecule has 0 radical (unpaired) electrons. The quantitative estimate of drug-likeness (QED) is 0.841. The summed E-state index contributed by atoms with van der Waals surface area (Å²) >= 11 is 6.34. The monoisotopic (exact) mass is 265 g/mol. The van der Waals surface area contributed by atoms with Gasteiger partial charge in [-0.05, 0) is 63.6 Å². The second-order valence-electron chi connectivity index (χ2n) is 6.45. The van der Waals surface area contributed by atoms with Crippen LogP contribution in [0.2, 0.25) is 5.02 Å². The summed E-state index contributed by atoms with van der Waals surface area (Å²) in [5.74, 6) is 1.36. The lowest BCUT2D eigenvalue weighted by Gasteiger charge is -2.27. The first-order chi connectivity index (χ1) is 8.47. The molecule has 0 bridgehead atoms. The summed E-state index contributed by atoms with van der Waals surface area (Å²) in [6.07, 6.45) is 3.92. The molecule has 0 aliphatic heterocycles. The Morgan fingerprint density at radius 2 is 1.94 bits per heavy atom. The predicted octanol–water partition coefficient (Wildman–Crippen LogP) is 4.61. The number of benzene rings is 1. The third kappa shape index (κ3) is 3.49. The molecule has 1 aromatic carbocycles. The van der Waals surface area contributed by atoms with E-state index in [4.69, 9.17) is 11.6 Å². The van der Waals surface area contributed by atoms with E-state index in [2.05, 4.69) is 38.2 Å². The van der Waals surface area contributed by atoms with E-state index in [9.17, 15) is 0 Å². The zero-order valence-corrected chi connectivity index (χ0v) is 12.4. The fraction of sp³-hybridized carbons (Fsp3) is 0.625. The van der Waals surface area contributed by atoms with E-state index in [1.165, 1.54) is 24.8 Å². The van der Waals surface area contributed by atoms with Gasteiger partial charge in [0.25, 0.3) is 0 Å². The van der Waals surface area contributed by atoms with Crippen LogP contribution in [0, 0.1) is 5.92 Å². The van der Waals surface area contributed by atoms with Gasteiger partial charge in [0, 0.05) is 10.6 Å². The first-order valence-electron chi connectivity index (χ1n) is 6.97. The third-order valence-electron chi connectivity index (χ3n) is 3.86. The maximum atomic E-state index is 6.34. The molecule has 0 saturated heterocycles. The summed E-state index contributed by atoms with van der Waals surface area (Å²) in [6.45, 7) is 7.78. The third-order valence-corrected chi connectivity index (χ3v) is 4.20. The van der Waals surface area contributed by atoms with Gasteiger partial charge in [-0.25, -0.2) is 0 Å². The largest absolute Gasteiger partial charge is 0.312 e. The molecule has 1 fully saturated rings. The lowest BCUT2D eigenvalue weighted by molar-refractivity contribution is 0.356. The van der Waals surface area contributed by atoms with Crippen LogP contribution in [0.25, 0.3) is 0 Å². The van der Waals surface area contributed by atoms with Crippen molar-refractivity contribution in [2.75, 3.05) is 6.54 Å². The van der Waals surface area contributed by atoms with Gasteiger partial charge in [0.2, 0.25) is 0 Å². The van der Waals surface area contributed by atoms with E-state index < -0.39 is 0 Å². The van der Waals surface area contributed by atoms with Crippen molar-refractivity contribution >= 4 is 11.6 Å². The van der Waals surface area contributed by atoms with Crippen molar-refractivity contribution in [3.63, 3.8) is 0 Å². The van der Waals surface area contributed by atoms with Gasteiger partial charge in [-0.15, -0.1) is 0 Å². The lowest BCUT2D eigenvalue weighted by atomic mass is 9.88. The maximum absolute atomic E-state index is 6.34. The van der Waals surface area contributed by atoms with Gasteiger partial charge in [0.15, 0.2) is 0 Å². The summed E-state index contributed by atoms with van der Waals surface area (Å²) in [6, 6.07) is 8.34. The Morgan fingerprint density at radius 1 is 1.22 bits per heavy atom. The van der Waals surface area contributed by atoms with Crippen LogP contribution >= 0.6 is 11.6 Å². The number of halogens is 1. The van der Waals surface area contributed by atoms with Crippen LogP contribution < -0.4 is 5.32 Å². The molecule has 1 saturated carbocycles. The van der Waals surface area contributed by atoms with Crippen LogP contribution in [0.4, 0.5) is 0 Å². The van der Waals surface area contributed by atoms with Crippen LogP contribution in [0.1, 0.15) is 51.5 Å². The Balaban J connectivity index is 2.06. The lowest BCUT2D eigenvalue weighted by Crippen LogP contribution is -2.39. The molecule has 2 atom stereocenters. The van der Waals surface area contributed by atoms with Crippen LogP contribution in [0.3, 0.4) is 0 Å². The zero-order chi connectivity index (χ0) is 13.2. The molecule has 2 heteroatoms. The van der Waals surface area contributed by atoms with E-state index in [0.717, 1.165) is 17.5 Å². The van der Waals surface area contributed by atoms with E-state index in [0.29, 0.717) is 5.92 Å². The van der Waals surface area contributed by atoms with Crippen molar-refractivity contribution in [3.05, 3.63) is 34.9 Å². The van der Waals surface area contributed by atoms with Crippen molar-refractivity contribution in [2.45, 2.75) is 51.5 Å². The molecule has 1 aromatic rings. The molecule has 2 unspecified atom stereocenters. The molecular formula is C16H24ClN. The number of nitrogens with one attached hydrogen (secondary N) is 1. The number of rotatable bonds is 3. The Morgan fingerprint density at radius 3 is 2.61 bits per heavy atom. The Hall–Kier alpha value is -0.530. The van der Waals surface area contributed by atoms with E-state index in [-0.39, 0.29) is 5.54 Å². The highest BCUT2D eigenvalue weighted by Gasteiger charge is 2.30. The maximum Gasteiger partial charge on any atom is 0.0440 e. The van der Waals surface area contributed by atoms with E-state index in [1.54, 1.807) is 0 Å². The van der Waals surface area contributed by atoms with Gasteiger partial charge in [-0.2, -0.15) is 0 Å². The topological polar surface area (TPSA) is 12.0 Å². The molecule has 0 heterocycles. The average Bonchev–Trinajstić information content (AvgIpc) is 2.74. The summed E-state index contributed by atoms with van der Waals surface area (Å²) in [7, 11) is 0. The van der Waals surface area contributed by atoms with Crippen LogP contribution in [0.15, 0.2) is 24.3 Å².